The minimum Gasteiger partial charge on any atom is -0.496 e. The highest BCUT2D eigenvalue weighted by molar-refractivity contribution is 6.12. The molecule has 0 atom stereocenters. The van der Waals surface area contributed by atoms with E-state index >= 15 is 0 Å². The van der Waals surface area contributed by atoms with Crippen LogP contribution in [0.3, 0.4) is 0 Å². The van der Waals surface area contributed by atoms with E-state index < -0.39 is 0 Å². The summed E-state index contributed by atoms with van der Waals surface area (Å²) < 4.78 is 5.52. The fraction of sp³-hybridized carbons (Fsp3) is 0.0556. The van der Waals surface area contributed by atoms with Gasteiger partial charge in [-0.2, -0.15) is 0 Å². The predicted octanol–water partition coefficient (Wildman–Crippen LogP) is 4.55. The van der Waals surface area contributed by atoms with Crippen molar-refractivity contribution in [1.82, 2.24) is 4.98 Å². The Balaban J connectivity index is 2.25. The molecule has 2 nitrogen and oxygen atoms in total. The molecule has 0 saturated carbocycles. The molecule has 20 heavy (non-hydrogen) atoms. The first-order valence-corrected chi connectivity index (χ1v) is 6.62. The van der Waals surface area contributed by atoms with Crippen LogP contribution in [0.15, 0.2) is 60.7 Å². The number of rotatable bonds is 1. The van der Waals surface area contributed by atoms with Gasteiger partial charge in [-0.25, -0.2) is 4.98 Å². The van der Waals surface area contributed by atoms with Crippen LogP contribution in [0.4, 0.5) is 0 Å². The maximum atomic E-state index is 5.52. The van der Waals surface area contributed by atoms with Crippen molar-refractivity contribution in [2.24, 2.45) is 0 Å². The summed E-state index contributed by atoms with van der Waals surface area (Å²) in [6.45, 7) is 0. The largest absolute Gasteiger partial charge is 0.496 e. The van der Waals surface area contributed by atoms with Gasteiger partial charge in [0, 0.05) is 16.2 Å². The highest BCUT2D eigenvalue weighted by Gasteiger charge is 2.08. The lowest BCUT2D eigenvalue weighted by Crippen LogP contribution is -1.88. The molecule has 96 valence electrons. The standard InChI is InChI=1S/C18H13NO/c1-20-17-8-4-6-12-9-10-16-14(18(12)17)11-13-5-2-3-7-15(13)19-16/h2-11H,1H3. The van der Waals surface area contributed by atoms with Crippen LogP contribution in [-0.4, -0.2) is 12.1 Å². The normalized spacial score (nSPS) is 11.2. The van der Waals surface area contributed by atoms with Crippen molar-refractivity contribution in [3.05, 3.63) is 60.7 Å². The lowest BCUT2D eigenvalue weighted by atomic mass is 10.0. The first kappa shape index (κ1) is 11.2. The van der Waals surface area contributed by atoms with Crippen molar-refractivity contribution in [3.8, 4) is 5.75 Å². The zero-order chi connectivity index (χ0) is 13.5. The van der Waals surface area contributed by atoms with Crippen molar-refractivity contribution in [3.63, 3.8) is 0 Å². The lowest BCUT2D eigenvalue weighted by molar-refractivity contribution is 0.420. The van der Waals surface area contributed by atoms with Gasteiger partial charge in [-0.15, -0.1) is 0 Å². The number of ether oxygens (including phenoxy) is 1. The van der Waals surface area contributed by atoms with Crippen molar-refractivity contribution in [1.29, 1.82) is 0 Å². The molecule has 4 rings (SSSR count). The highest BCUT2D eigenvalue weighted by atomic mass is 16.5. The summed E-state index contributed by atoms with van der Waals surface area (Å²) >= 11 is 0. The Morgan fingerprint density at radius 2 is 1.65 bits per heavy atom. The Hall–Kier alpha value is -2.61. The van der Waals surface area contributed by atoms with Gasteiger partial charge in [0.1, 0.15) is 5.75 Å². The number of hydrogen-bond acceptors (Lipinski definition) is 2. The van der Waals surface area contributed by atoms with Crippen LogP contribution in [0, 0.1) is 0 Å². The van der Waals surface area contributed by atoms with Gasteiger partial charge in [0.15, 0.2) is 0 Å². The molecule has 1 aromatic heterocycles. The maximum absolute atomic E-state index is 5.52. The van der Waals surface area contributed by atoms with Gasteiger partial charge in [-0.05, 0) is 29.7 Å². The van der Waals surface area contributed by atoms with E-state index in [4.69, 9.17) is 9.72 Å². The van der Waals surface area contributed by atoms with Crippen LogP contribution in [-0.2, 0) is 0 Å². The quantitative estimate of drug-likeness (QED) is 0.369. The molecular weight excluding hydrogens is 246 g/mol. The number of fused-ring (bicyclic) bond motifs is 4. The third kappa shape index (κ3) is 1.55. The second-order valence-electron chi connectivity index (χ2n) is 4.87. The Bertz CT molecular complexity index is 944. The minimum absolute atomic E-state index is 0.894. The van der Waals surface area contributed by atoms with E-state index in [-0.39, 0.29) is 0 Å². The van der Waals surface area contributed by atoms with Crippen LogP contribution in [0.25, 0.3) is 32.6 Å². The van der Waals surface area contributed by atoms with E-state index in [1.165, 1.54) is 5.39 Å². The monoisotopic (exact) mass is 259 g/mol. The zero-order valence-corrected chi connectivity index (χ0v) is 11.1. The lowest BCUT2D eigenvalue weighted by Gasteiger charge is -2.09. The summed E-state index contributed by atoms with van der Waals surface area (Å²) in [6.07, 6.45) is 0. The average Bonchev–Trinajstić information content (AvgIpc) is 2.52. The molecule has 1 heterocycles. The molecule has 0 aliphatic rings. The van der Waals surface area contributed by atoms with E-state index in [0.29, 0.717) is 0 Å². The number of methoxy groups -OCH3 is 1. The molecule has 0 radical (unpaired) electrons. The summed E-state index contributed by atoms with van der Waals surface area (Å²) in [6, 6.07) is 20.7. The molecular formula is C18H13NO. The molecule has 2 heteroatoms. The Labute approximate surface area is 116 Å². The smallest absolute Gasteiger partial charge is 0.127 e. The molecule has 0 aliphatic heterocycles. The molecule has 4 aromatic rings. The summed E-state index contributed by atoms with van der Waals surface area (Å²) in [5.74, 6) is 0.894. The number of para-hydroxylation sites is 1. The molecule has 0 bridgehead atoms. The van der Waals surface area contributed by atoms with Crippen LogP contribution in [0.5, 0.6) is 5.75 Å². The van der Waals surface area contributed by atoms with Crippen LogP contribution >= 0.6 is 0 Å². The number of hydrogen-bond donors (Lipinski definition) is 0. The molecule has 0 N–H and O–H groups in total. The SMILES string of the molecule is COc1cccc2ccc3nc4ccccc4cc3c12. The zero-order valence-electron chi connectivity index (χ0n) is 11.1. The average molecular weight is 259 g/mol. The maximum Gasteiger partial charge on any atom is 0.127 e. The summed E-state index contributed by atoms with van der Waals surface area (Å²) in [4.78, 5) is 4.75. The topological polar surface area (TPSA) is 22.1 Å². The second-order valence-corrected chi connectivity index (χ2v) is 4.87. The van der Waals surface area contributed by atoms with Gasteiger partial charge in [-0.3, -0.25) is 0 Å². The second kappa shape index (κ2) is 4.20. The highest BCUT2D eigenvalue weighted by Crippen LogP contribution is 2.33. The van der Waals surface area contributed by atoms with Crippen molar-refractivity contribution in [2.45, 2.75) is 0 Å². The van der Waals surface area contributed by atoms with E-state index in [1.807, 2.05) is 30.3 Å². The van der Waals surface area contributed by atoms with E-state index in [0.717, 1.165) is 32.9 Å². The molecule has 0 fully saturated rings. The first-order valence-electron chi connectivity index (χ1n) is 6.62. The third-order valence-corrected chi connectivity index (χ3v) is 3.72. The Morgan fingerprint density at radius 3 is 2.55 bits per heavy atom. The Kier molecular flexibility index (Phi) is 2.36. The fourth-order valence-corrected chi connectivity index (χ4v) is 2.77. The summed E-state index contributed by atoms with van der Waals surface area (Å²) in [7, 11) is 1.71. The van der Waals surface area contributed by atoms with E-state index in [2.05, 4.69) is 30.3 Å². The van der Waals surface area contributed by atoms with Crippen molar-refractivity contribution >= 4 is 32.6 Å². The van der Waals surface area contributed by atoms with Crippen LogP contribution < -0.4 is 4.74 Å². The van der Waals surface area contributed by atoms with Gasteiger partial charge in [-0.1, -0.05) is 36.4 Å². The fourth-order valence-electron chi connectivity index (χ4n) is 2.77. The van der Waals surface area contributed by atoms with E-state index in [1.54, 1.807) is 7.11 Å². The molecule has 0 saturated heterocycles. The number of nitrogens with zero attached hydrogens (tertiary/aromatic N) is 1. The molecule has 0 amide bonds. The van der Waals surface area contributed by atoms with Gasteiger partial charge in [0.05, 0.1) is 18.1 Å². The molecule has 0 unspecified atom stereocenters. The van der Waals surface area contributed by atoms with Gasteiger partial charge in [0.2, 0.25) is 0 Å². The van der Waals surface area contributed by atoms with Crippen LogP contribution in [0.2, 0.25) is 0 Å². The van der Waals surface area contributed by atoms with Crippen molar-refractivity contribution < 1.29 is 4.74 Å². The van der Waals surface area contributed by atoms with Gasteiger partial charge < -0.3 is 4.74 Å². The van der Waals surface area contributed by atoms with E-state index in [9.17, 15) is 0 Å². The summed E-state index contributed by atoms with van der Waals surface area (Å²) in [5, 5.41) is 4.59. The molecule has 0 spiro atoms. The van der Waals surface area contributed by atoms with Gasteiger partial charge >= 0.3 is 0 Å². The minimum atomic E-state index is 0.894. The number of pyridine rings is 1. The predicted molar refractivity (Wildman–Crippen MR) is 83.3 cm³/mol. The van der Waals surface area contributed by atoms with Crippen molar-refractivity contribution in [2.75, 3.05) is 7.11 Å². The Morgan fingerprint density at radius 1 is 0.800 bits per heavy atom. The molecule has 0 aliphatic carbocycles. The first-order chi connectivity index (χ1) is 9.86. The number of benzene rings is 3. The third-order valence-electron chi connectivity index (χ3n) is 3.72. The van der Waals surface area contributed by atoms with Crippen LogP contribution in [0.1, 0.15) is 0 Å². The molecule has 3 aromatic carbocycles. The van der Waals surface area contributed by atoms with Gasteiger partial charge in [0.25, 0.3) is 0 Å². The summed E-state index contributed by atoms with van der Waals surface area (Å²) in [5.41, 5.74) is 2.02. The number of aromatic nitrogens is 1.